The minimum atomic E-state index is 0.252. The summed E-state index contributed by atoms with van der Waals surface area (Å²) in [6.45, 7) is 6.93. The number of likely N-dealkylation sites (tertiary alicyclic amines) is 1. The van der Waals surface area contributed by atoms with Crippen LogP contribution in [0, 0.1) is 11.8 Å². The lowest BCUT2D eigenvalue weighted by Crippen LogP contribution is -2.40. The molecule has 0 bridgehead atoms. The van der Waals surface area contributed by atoms with Crippen LogP contribution >= 0.6 is 0 Å². The molecule has 0 aromatic heterocycles. The monoisotopic (exact) mass is 288 g/mol. The average Bonchev–Trinajstić information content (AvgIpc) is 2.49. The molecular weight excluding hydrogens is 260 g/mol. The Morgan fingerprint density at radius 3 is 2.29 bits per heavy atom. The Kier molecular flexibility index (Phi) is 5.80. The summed E-state index contributed by atoms with van der Waals surface area (Å²) >= 11 is 0. The Labute approximate surface area is 128 Å². The predicted molar refractivity (Wildman–Crippen MR) is 87.0 cm³/mol. The normalized spacial score (nSPS) is 16.5. The van der Waals surface area contributed by atoms with Crippen LogP contribution in [-0.2, 0) is 17.6 Å². The van der Waals surface area contributed by atoms with Crippen molar-refractivity contribution in [3.63, 3.8) is 0 Å². The second kappa shape index (κ2) is 7.60. The predicted octanol–water partition coefficient (Wildman–Crippen LogP) is 2.62. The van der Waals surface area contributed by atoms with E-state index < -0.39 is 0 Å². The molecule has 0 atom stereocenters. The summed E-state index contributed by atoms with van der Waals surface area (Å²) in [5.41, 5.74) is 8.16. The molecule has 0 radical (unpaired) electrons. The highest BCUT2D eigenvalue weighted by Gasteiger charge is 2.21. The Morgan fingerprint density at radius 1 is 1.19 bits per heavy atom. The molecule has 3 heteroatoms. The first-order valence-electron chi connectivity index (χ1n) is 8.14. The molecule has 1 amide bonds. The van der Waals surface area contributed by atoms with Gasteiger partial charge in [-0.15, -0.1) is 0 Å². The molecule has 0 unspecified atom stereocenters. The molecule has 1 fully saturated rings. The van der Waals surface area contributed by atoms with Gasteiger partial charge < -0.3 is 10.6 Å². The van der Waals surface area contributed by atoms with Gasteiger partial charge in [0, 0.05) is 13.1 Å². The maximum absolute atomic E-state index is 12.3. The van der Waals surface area contributed by atoms with Crippen molar-refractivity contribution in [2.75, 3.05) is 19.6 Å². The van der Waals surface area contributed by atoms with E-state index in [-0.39, 0.29) is 5.91 Å². The van der Waals surface area contributed by atoms with Crippen LogP contribution in [-0.4, -0.2) is 30.4 Å². The minimum absolute atomic E-state index is 0.252. The van der Waals surface area contributed by atoms with E-state index in [2.05, 4.69) is 38.1 Å². The highest BCUT2D eigenvalue weighted by atomic mass is 16.2. The molecule has 1 aromatic carbocycles. The molecule has 0 spiro atoms. The highest BCUT2D eigenvalue weighted by molar-refractivity contribution is 5.78. The van der Waals surface area contributed by atoms with Crippen LogP contribution in [0.1, 0.15) is 37.8 Å². The van der Waals surface area contributed by atoms with Crippen LogP contribution in [0.15, 0.2) is 24.3 Å². The van der Waals surface area contributed by atoms with E-state index in [4.69, 9.17) is 5.73 Å². The standard InChI is InChI=1S/C18H28N2O/c1-14(2)11-15-3-5-16(6-4-15)12-18(21)20-9-7-17(13-19)8-10-20/h3-6,14,17H,7-13,19H2,1-2H3. The molecule has 1 saturated heterocycles. The number of hydrogen-bond donors (Lipinski definition) is 1. The van der Waals surface area contributed by atoms with Crippen LogP contribution in [0.25, 0.3) is 0 Å². The molecule has 2 rings (SSSR count). The van der Waals surface area contributed by atoms with E-state index in [0.29, 0.717) is 18.3 Å². The fourth-order valence-electron chi connectivity index (χ4n) is 2.97. The summed E-state index contributed by atoms with van der Waals surface area (Å²) in [6.07, 6.45) is 3.72. The number of amides is 1. The number of carbonyl (C=O) groups is 1. The molecule has 1 aliphatic rings. The Morgan fingerprint density at radius 2 is 1.76 bits per heavy atom. The average molecular weight is 288 g/mol. The third-order valence-electron chi connectivity index (χ3n) is 4.32. The maximum atomic E-state index is 12.3. The Balaban J connectivity index is 1.85. The lowest BCUT2D eigenvalue weighted by molar-refractivity contribution is -0.131. The first-order chi connectivity index (χ1) is 10.1. The van der Waals surface area contributed by atoms with E-state index in [9.17, 15) is 4.79 Å². The van der Waals surface area contributed by atoms with Crippen molar-refractivity contribution in [3.05, 3.63) is 35.4 Å². The highest BCUT2D eigenvalue weighted by Crippen LogP contribution is 2.17. The number of rotatable bonds is 5. The summed E-state index contributed by atoms with van der Waals surface area (Å²) in [4.78, 5) is 14.3. The molecule has 1 aromatic rings. The molecule has 0 saturated carbocycles. The number of nitrogens with zero attached hydrogens (tertiary/aromatic N) is 1. The SMILES string of the molecule is CC(C)Cc1ccc(CC(=O)N2CCC(CN)CC2)cc1. The third-order valence-corrected chi connectivity index (χ3v) is 4.32. The first-order valence-corrected chi connectivity index (χ1v) is 8.14. The lowest BCUT2D eigenvalue weighted by atomic mass is 9.96. The number of benzene rings is 1. The topological polar surface area (TPSA) is 46.3 Å². The van der Waals surface area contributed by atoms with Crippen LogP contribution in [0.4, 0.5) is 0 Å². The van der Waals surface area contributed by atoms with Gasteiger partial charge in [-0.3, -0.25) is 4.79 Å². The Hall–Kier alpha value is -1.35. The van der Waals surface area contributed by atoms with Crippen molar-refractivity contribution < 1.29 is 4.79 Å². The van der Waals surface area contributed by atoms with Gasteiger partial charge in [0.25, 0.3) is 0 Å². The van der Waals surface area contributed by atoms with E-state index in [1.807, 2.05) is 4.90 Å². The van der Waals surface area contributed by atoms with Crippen molar-refractivity contribution in [1.82, 2.24) is 4.90 Å². The van der Waals surface area contributed by atoms with Gasteiger partial charge >= 0.3 is 0 Å². The van der Waals surface area contributed by atoms with Crippen LogP contribution < -0.4 is 5.73 Å². The molecule has 3 nitrogen and oxygen atoms in total. The van der Waals surface area contributed by atoms with Gasteiger partial charge in [0.2, 0.25) is 5.91 Å². The van der Waals surface area contributed by atoms with Gasteiger partial charge in [0.1, 0.15) is 0 Å². The molecular formula is C18H28N2O. The van der Waals surface area contributed by atoms with Gasteiger partial charge in [0.15, 0.2) is 0 Å². The molecule has 116 valence electrons. The summed E-state index contributed by atoms with van der Waals surface area (Å²) in [7, 11) is 0. The second-order valence-electron chi connectivity index (χ2n) is 6.65. The van der Waals surface area contributed by atoms with Crippen molar-refractivity contribution >= 4 is 5.91 Å². The quantitative estimate of drug-likeness (QED) is 0.905. The van der Waals surface area contributed by atoms with E-state index >= 15 is 0 Å². The number of hydrogen-bond acceptors (Lipinski definition) is 2. The largest absolute Gasteiger partial charge is 0.342 e. The minimum Gasteiger partial charge on any atom is -0.342 e. The number of nitrogens with two attached hydrogens (primary N) is 1. The smallest absolute Gasteiger partial charge is 0.226 e. The van der Waals surface area contributed by atoms with E-state index in [1.165, 1.54) is 5.56 Å². The number of piperidine rings is 1. The van der Waals surface area contributed by atoms with Gasteiger partial charge in [0.05, 0.1) is 6.42 Å². The number of carbonyl (C=O) groups excluding carboxylic acids is 1. The van der Waals surface area contributed by atoms with Crippen LogP contribution in [0.2, 0.25) is 0 Å². The zero-order valence-electron chi connectivity index (χ0n) is 13.3. The zero-order valence-corrected chi connectivity index (χ0v) is 13.3. The fourth-order valence-corrected chi connectivity index (χ4v) is 2.97. The van der Waals surface area contributed by atoms with E-state index in [0.717, 1.165) is 44.5 Å². The zero-order chi connectivity index (χ0) is 15.2. The first kappa shape index (κ1) is 16.0. The van der Waals surface area contributed by atoms with Crippen LogP contribution in [0.3, 0.4) is 0 Å². The fraction of sp³-hybridized carbons (Fsp3) is 0.611. The van der Waals surface area contributed by atoms with E-state index in [1.54, 1.807) is 0 Å². The molecule has 1 aliphatic heterocycles. The molecule has 0 aliphatic carbocycles. The van der Waals surface area contributed by atoms with Gasteiger partial charge in [-0.2, -0.15) is 0 Å². The van der Waals surface area contributed by atoms with Crippen molar-refractivity contribution in [1.29, 1.82) is 0 Å². The van der Waals surface area contributed by atoms with Gasteiger partial charge in [-0.1, -0.05) is 38.1 Å². The summed E-state index contributed by atoms with van der Waals surface area (Å²) in [5.74, 6) is 1.52. The molecule has 1 heterocycles. The summed E-state index contributed by atoms with van der Waals surface area (Å²) < 4.78 is 0. The molecule has 2 N–H and O–H groups in total. The van der Waals surface area contributed by atoms with Gasteiger partial charge in [-0.25, -0.2) is 0 Å². The summed E-state index contributed by atoms with van der Waals surface area (Å²) in [6, 6.07) is 8.51. The van der Waals surface area contributed by atoms with Crippen LogP contribution in [0.5, 0.6) is 0 Å². The van der Waals surface area contributed by atoms with Crippen molar-refractivity contribution in [3.8, 4) is 0 Å². The van der Waals surface area contributed by atoms with Crippen molar-refractivity contribution in [2.24, 2.45) is 17.6 Å². The third kappa shape index (κ3) is 4.85. The molecule has 21 heavy (non-hydrogen) atoms. The maximum Gasteiger partial charge on any atom is 0.226 e. The van der Waals surface area contributed by atoms with Gasteiger partial charge in [-0.05, 0) is 48.8 Å². The second-order valence-corrected chi connectivity index (χ2v) is 6.65. The summed E-state index contributed by atoms with van der Waals surface area (Å²) in [5, 5.41) is 0. The lowest BCUT2D eigenvalue weighted by Gasteiger charge is -2.31. The Bertz CT molecular complexity index is 445. The van der Waals surface area contributed by atoms with Crippen molar-refractivity contribution in [2.45, 2.75) is 39.5 Å².